The lowest BCUT2D eigenvalue weighted by atomic mass is 10.1. The Kier molecular flexibility index (Phi) is 6.99. The molecule has 7 nitrogen and oxygen atoms in total. The Labute approximate surface area is 171 Å². The van der Waals surface area contributed by atoms with E-state index in [9.17, 15) is 18.0 Å². The first kappa shape index (κ1) is 21.3. The molecule has 0 atom stereocenters. The number of nitrogens with one attached hydrogen (secondary N) is 3. The van der Waals surface area contributed by atoms with Gasteiger partial charge in [-0.15, -0.1) is 0 Å². The van der Waals surface area contributed by atoms with E-state index in [1.165, 1.54) is 0 Å². The van der Waals surface area contributed by atoms with Crippen LogP contribution in [-0.4, -0.2) is 38.3 Å². The average Bonchev–Trinajstić information content (AvgIpc) is 3.20. The van der Waals surface area contributed by atoms with Gasteiger partial charge in [0.1, 0.15) is 6.54 Å². The zero-order chi connectivity index (χ0) is 21.5. The second-order valence-corrected chi connectivity index (χ2v) is 6.33. The van der Waals surface area contributed by atoms with Gasteiger partial charge in [0.05, 0.1) is 5.69 Å². The van der Waals surface area contributed by atoms with Gasteiger partial charge in [-0.3, -0.25) is 4.79 Å². The van der Waals surface area contributed by atoms with Gasteiger partial charge in [0.15, 0.2) is 34.9 Å². The lowest BCUT2D eigenvalue weighted by molar-refractivity contribution is -0.114. The molecule has 0 aromatic heterocycles. The topological polar surface area (TPSA) is 84.0 Å². The Morgan fingerprint density at radius 1 is 1.07 bits per heavy atom. The summed E-state index contributed by atoms with van der Waals surface area (Å²) in [5.74, 6) is -3.30. The molecule has 0 saturated heterocycles. The number of benzene rings is 2. The second-order valence-electron chi connectivity index (χ2n) is 6.33. The van der Waals surface area contributed by atoms with Gasteiger partial charge in [-0.05, 0) is 43.2 Å². The van der Waals surface area contributed by atoms with Crippen LogP contribution in [0.15, 0.2) is 35.3 Å². The monoisotopic (exact) mass is 422 g/mol. The number of ether oxygens (including phenoxy) is 2. The van der Waals surface area contributed by atoms with Crippen LogP contribution in [0.5, 0.6) is 11.5 Å². The number of aliphatic imine (C=N–C) groups is 1. The number of carbonyl (C=O) groups excluding carboxylic acids is 1. The molecule has 30 heavy (non-hydrogen) atoms. The van der Waals surface area contributed by atoms with E-state index >= 15 is 0 Å². The number of fused-ring (bicyclic) bond motifs is 1. The van der Waals surface area contributed by atoms with E-state index in [2.05, 4.69) is 20.9 Å². The fraction of sp³-hybridized carbons (Fsp3) is 0.300. The van der Waals surface area contributed by atoms with Crippen LogP contribution in [0, 0.1) is 17.5 Å². The molecule has 0 bridgehead atoms. The minimum Gasteiger partial charge on any atom is -0.454 e. The van der Waals surface area contributed by atoms with E-state index < -0.39 is 29.0 Å². The number of hydrogen-bond acceptors (Lipinski definition) is 4. The van der Waals surface area contributed by atoms with Crippen molar-refractivity contribution >= 4 is 17.6 Å². The van der Waals surface area contributed by atoms with Crippen molar-refractivity contribution in [1.82, 2.24) is 10.6 Å². The van der Waals surface area contributed by atoms with Gasteiger partial charge in [-0.1, -0.05) is 6.07 Å². The van der Waals surface area contributed by atoms with Gasteiger partial charge in [0, 0.05) is 13.1 Å². The number of halogens is 3. The summed E-state index contributed by atoms with van der Waals surface area (Å²) in [4.78, 5) is 16.1. The normalized spacial score (nSPS) is 12.6. The first-order valence-corrected chi connectivity index (χ1v) is 9.32. The highest BCUT2D eigenvalue weighted by molar-refractivity contribution is 5.94. The molecule has 2 aromatic carbocycles. The summed E-state index contributed by atoms with van der Waals surface area (Å²) < 4.78 is 50.5. The number of rotatable bonds is 7. The number of anilines is 1. The summed E-state index contributed by atoms with van der Waals surface area (Å²) in [5, 5.41) is 8.25. The van der Waals surface area contributed by atoms with Gasteiger partial charge in [-0.2, -0.15) is 0 Å². The summed E-state index contributed by atoms with van der Waals surface area (Å²) in [6, 6.07) is 7.36. The van der Waals surface area contributed by atoms with E-state index in [0.29, 0.717) is 37.0 Å². The maximum Gasteiger partial charge on any atom is 0.246 e. The molecule has 2 aromatic rings. The average molecular weight is 422 g/mol. The molecule has 0 aliphatic carbocycles. The molecule has 1 aliphatic heterocycles. The largest absolute Gasteiger partial charge is 0.454 e. The van der Waals surface area contributed by atoms with Crippen molar-refractivity contribution in [3.8, 4) is 11.5 Å². The van der Waals surface area contributed by atoms with E-state index in [0.717, 1.165) is 17.7 Å². The van der Waals surface area contributed by atoms with Crippen LogP contribution >= 0.6 is 0 Å². The van der Waals surface area contributed by atoms with Crippen molar-refractivity contribution in [3.63, 3.8) is 0 Å². The molecule has 0 fully saturated rings. The maximum absolute atomic E-state index is 13.6. The summed E-state index contributed by atoms with van der Waals surface area (Å²) >= 11 is 0. The first-order valence-electron chi connectivity index (χ1n) is 9.32. The second kappa shape index (κ2) is 9.86. The van der Waals surface area contributed by atoms with Gasteiger partial charge in [-0.25, -0.2) is 18.2 Å². The van der Waals surface area contributed by atoms with Crippen LogP contribution in [0.4, 0.5) is 18.9 Å². The zero-order valence-electron chi connectivity index (χ0n) is 16.2. The van der Waals surface area contributed by atoms with E-state index in [4.69, 9.17) is 9.47 Å². The molecule has 0 unspecified atom stereocenters. The van der Waals surface area contributed by atoms with Crippen molar-refractivity contribution in [2.24, 2.45) is 4.99 Å². The van der Waals surface area contributed by atoms with Crippen LogP contribution in [0.2, 0.25) is 0 Å². The summed E-state index contributed by atoms with van der Waals surface area (Å²) in [5.41, 5.74) is 0.587. The van der Waals surface area contributed by atoms with Crippen LogP contribution in [-0.2, 0) is 11.2 Å². The molecule has 3 rings (SSSR count). The van der Waals surface area contributed by atoms with Crippen LogP contribution in [0.3, 0.4) is 0 Å². The molecule has 160 valence electrons. The number of hydrogen-bond donors (Lipinski definition) is 3. The smallest absolute Gasteiger partial charge is 0.246 e. The fourth-order valence-electron chi connectivity index (χ4n) is 2.73. The van der Waals surface area contributed by atoms with Gasteiger partial charge in [0.25, 0.3) is 0 Å². The Hall–Kier alpha value is -3.43. The Morgan fingerprint density at radius 3 is 2.67 bits per heavy atom. The first-order chi connectivity index (χ1) is 14.5. The minimum absolute atomic E-state index is 0.213. The highest BCUT2D eigenvalue weighted by Gasteiger charge is 2.15. The van der Waals surface area contributed by atoms with E-state index in [1.807, 2.05) is 25.1 Å². The fourth-order valence-corrected chi connectivity index (χ4v) is 2.73. The minimum atomic E-state index is -1.64. The number of amides is 1. The third kappa shape index (κ3) is 5.34. The summed E-state index contributed by atoms with van der Waals surface area (Å²) in [6.45, 7) is 2.84. The summed E-state index contributed by atoms with van der Waals surface area (Å²) in [6.07, 6.45) is 0.674. The Bertz CT molecular complexity index is 953. The molecule has 1 amide bonds. The third-order valence-corrected chi connectivity index (χ3v) is 4.18. The molecule has 1 heterocycles. The predicted molar refractivity (Wildman–Crippen MR) is 105 cm³/mol. The van der Waals surface area contributed by atoms with Crippen LogP contribution in [0.25, 0.3) is 0 Å². The third-order valence-electron chi connectivity index (χ3n) is 4.18. The molecule has 0 spiro atoms. The zero-order valence-corrected chi connectivity index (χ0v) is 16.2. The predicted octanol–water partition coefficient (Wildman–Crippen LogP) is 2.57. The number of carbonyl (C=O) groups is 1. The van der Waals surface area contributed by atoms with Gasteiger partial charge < -0.3 is 25.4 Å². The quantitative estimate of drug-likeness (QED) is 0.363. The maximum atomic E-state index is 13.6. The standard InChI is InChI=1S/C20H21F3N4O3/c1-2-24-20(25-8-7-12-3-6-15-16(9-12)30-11-29-15)26-10-17(28)27-14-5-4-13(21)18(22)19(14)23/h3-6,9H,2,7-8,10-11H2,1H3,(H,27,28)(H2,24,25,26). The lowest BCUT2D eigenvalue weighted by Crippen LogP contribution is -2.39. The van der Waals surface area contributed by atoms with Gasteiger partial charge in [0.2, 0.25) is 12.7 Å². The number of nitrogens with zero attached hydrogens (tertiary/aromatic N) is 1. The molecule has 0 saturated carbocycles. The van der Waals surface area contributed by atoms with Gasteiger partial charge >= 0.3 is 0 Å². The van der Waals surface area contributed by atoms with Crippen molar-refractivity contribution in [2.75, 3.05) is 31.7 Å². The van der Waals surface area contributed by atoms with Crippen molar-refractivity contribution in [3.05, 3.63) is 53.3 Å². The molecular formula is C20H21F3N4O3. The van der Waals surface area contributed by atoms with E-state index in [-0.39, 0.29) is 13.3 Å². The van der Waals surface area contributed by atoms with Crippen LogP contribution in [0.1, 0.15) is 12.5 Å². The van der Waals surface area contributed by atoms with Crippen LogP contribution < -0.4 is 25.4 Å². The molecule has 0 radical (unpaired) electrons. The SMILES string of the molecule is CCNC(=NCC(=O)Nc1ccc(F)c(F)c1F)NCCc1ccc2c(c1)OCO2. The molecular weight excluding hydrogens is 401 g/mol. The Morgan fingerprint density at radius 2 is 1.87 bits per heavy atom. The highest BCUT2D eigenvalue weighted by atomic mass is 19.2. The van der Waals surface area contributed by atoms with Crippen molar-refractivity contribution in [2.45, 2.75) is 13.3 Å². The van der Waals surface area contributed by atoms with Crippen molar-refractivity contribution < 1.29 is 27.4 Å². The van der Waals surface area contributed by atoms with E-state index in [1.54, 1.807) is 0 Å². The number of guanidine groups is 1. The van der Waals surface area contributed by atoms with Crippen molar-refractivity contribution in [1.29, 1.82) is 0 Å². The Balaban J connectivity index is 1.52. The molecule has 3 N–H and O–H groups in total. The lowest BCUT2D eigenvalue weighted by Gasteiger charge is -2.12. The molecule has 10 heteroatoms. The molecule has 1 aliphatic rings. The highest BCUT2D eigenvalue weighted by Crippen LogP contribution is 2.32. The summed E-state index contributed by atoms with van der Waals surface area (Å²) in [7, 11) is 0.